The van der Waals surface area contributed by atoms with E-state index in [1.165, 1.54) is 0 Å². The second-order valence-corrected chi connectivity index (χ2v) is 10.3. The summed E-state index contributed by atoms with van der Waals surface area (Å²) in [4.78, 5) is 11.1. The molecule has 1 aromatic heterocycles. The molecular formula is C31H29FN2O4. The Morgan fingerprint density at radius 1 is 1.16 bits per heavy atom. The van der Waals surface area contributed by atoms with E-state index in [1.807, 2.05) is 37.6 Å². The highest BCUT2D eigenvalue weighted by Crippen LogP contribution is 2.45. The lowest BCUT2D eigenvalue weighted by atomic mass is 9.88. The van der Waals surface area contributed by atoms with Gasteiger partial charge >= 0.3 is 5.97 Å². The molecule has 0 saturated carbocycles. The van der Waals surface area contributed by atoms with Crippen molar-refractivity contribution in [3.63, 3.8) is 0 Å². The molecule has 7 heteroatoms. The third-order valence-corrected chi connectivity index (χ3v) is 7.69. The molecule has 6 nitrogen and oxygen atoms in total. The number of benzene rings is 3. The molecule has 3 aromatic carbocycles. The molecule has 0 saturated heterocycles. The van der Waals surface area contributed by atoms with Crippen LogP contribution in [0, 0.1) is 19.7 Å². The highest BCUT2D eigenvalue weighted by atomic mass is 19.1. The first-order chi connectivity index (χ1) is 18.3. The molecule has 6 rings (SSSR count). The number of rotatable bonds is 6. The normalized spacial score (nSPS) is 17.7. The van der Waals surface area contributed by atoms with Crippen molar-refractivity contribution in [1.29, 1.82) is 0 Å². The highest BCUT2D eigenvalue weighted by molar-refractivity contribution is 5.79. The molecular weight excluding hydrogens is 483 g/mol. The van der Waals surface area contributed by atoms with Crippen LogP contribution in [0.25, 0.3) is 22.3 Å². The van der Waals surface area contributed by atoms with Crippen molar-refractivity contribution in [3.8, 4) is 33.8 Å². The molecule has 2 atom stereocenters. The summed E-state index contributed by atoms with van der Waals surface area (Å²) >= 11 is 0. The molecule has 0 amide bonds. The minimum Gasteiger partial charge on any atom is -0.492 e. The van der Waals surface area contributed by atoms with Gasteiger partial charge in [-0.1, -0.05) is 24.3 Å². The topological polar surface area (TPSA) is 73.6 Å². The molecule has 0 spiro atoms. The van der Waals surface area contributed by atoms with Crippen LogP contribution < -0.4 is 9.47 Å². The van der Waals surface area contributed by atoms with E-state index < -0.39 is 12.1 Å². The summed E-state index contributed by atoms with van der Waals surface area (Å²) in [5.41, 5.74) is 9.11. The van der Waals surface area contributed by atoms with E-state index in [9.17, 15) is 4.79 Å². The number of carbonyl (C=O) groups is 1. The second-order valence-electron chi connectivity index (χ2n) is 10.3. The number of aliphatic carboxylic acids is 1. The maximum atomic E-state index is 15.3. The van der Waals surface area contributed by atoms with Gasteiger partial charge < -0.3 is 14.6 Å². The quantitative estimate of drug-likeness (QED) is 0.318. The summed E-state index contributed by atoms with van der Waals surface area (Å²) in [5.74, 6) is -0.0400. The van der Waals surface area contributed by atoms with E-state index in [-0.39, 0.29) is 18.2 Å². The van der Waals surface area contributed by atoms with Crippen molar-refractivity contribution < 1.29 is 23.8 Å². The van der Waals surface area contributed by atoms with Crippen molar-refractivity contribution in [2.24, 2.45) is 7.05 Å². The molecule has 1 unspecified atom stereocenters. The minimum absolute atomic E-state index is 0.0270. The fourth-order valence-electron chi connectivity index (χ4n) is 6.03. The van der Waals surface area contributed by atoms with Gasteiger partial charge in [0.25, 0.3) is 0 Å². The van der Waals surface area contributed by atoms with Crippen molar-refractivity contribution in [2.45, 2.75) is 45.1 Å². The average Bonchev–Trinajstić information content (AvgIpc) is 3.59. The van der Waals surface area contributed by atoms with Crippen molar-refractivity contribution in [1.82, 2.24) is 9.78 Å². The molecule has 38 heavy (non-hydrogen) atoms. The summed E-state index contributed by atoms with van der Waals surface area (Å²) in [5, 5.41) is 13.4. The zero-order valence-electron chi connectivity index (χ0n) is 21.6. The number of carboxylic acids is 1. The molecule has 4 aromatic rings. The molecule has 2 heterocycles. The maximum Gasteiger partial charge on any atom is 0.304 e. The van der Waals surface area contributed by atoms with Crippen LogP contribution in [-0.2, 0) is 18.3 Å². The van der Waals surface area contributed by atoms with E-state index >= 15 is 4.39 Å². The predicted octanol–water partition coefficient (Wildman–Crippen LogP) is 6.53. The van der Waals surface area contributed by atoms with Crippen LogP contribution in [0.1, 0.15) is 52.7 Å². The van der Waals surface area contributed by atoms with Gasteiger partial charge in [0.15, 0.2) is 0 Å². The van der Waals surface area contributed by atoms with E-state index in [0.29, 0.717) is 30.1 Å². The van der Waals surface area contributed by atoms with Crippen LogP contribution >= 0.6 is 0 Å². The van der Waals surface area contributed by atoms with Crippen molar-refractivity contribution in [2.75, 3.05) is 6.61 Å². The largest absolute Gasteiger partial charge is 0.492 e. The fraction of sp³-hybridized carbons (Fsp3) is 0.290. The van der Waals surface area contributed by atoms with Crippen LogP contribution in [-0.4, -0.2) is 27.5 Å². The number of ether oxygens (including phenoxy) is 2. The molecule has 0 bridgehead atoms. The number of fused-ring (bicyclic) bond motifs is 2. The van der Waals surface area contributed by atoms with Crippen LogP contribution in [0.5, 0.6) is 11.5 Å². The monoisotopic (exact) mass is 512 g/mol. The number of nitrogens with zero attached hydrogens (tertiary/aromatic N) is 2. The van der Waals surface area contributed by atoms with Crippen molar-refractivity contribution >= 4 is 5.97 Å². The first-order valence-corrected chi connectivity index (χ1v) is 12.9. The fourth-order valence-corrected chi connectivity index (χ4v) is 6.03. The predicted molar refractivity (Wildman–Crippen MR) is 142 cm³/mol. The number of aryl methyl sites for hydroxylation is 3. The van der Waals surface area contributed by atoms with Gasteiger partial charge in [0, 0.05) is 41.9 Å². The lowest BCUT2D eigenvalue weighted by Crippen LogP contribution is -2.07. The van der Waals surface area contributed by atoms with Crippen LogP contribution in [0.2, 0.25) is 0 Å². The lowest BCUT2D eigenvalue weighted by molar-refractivity contribution is -0.137. The summed E-state index contributed by atoms with van der Waals surface area (Å²) in [6.07, 6.45) is 4.88. The number of aromatic nitrogens is 2. The molecule has 1 aliphatic heterocycles. The Morgan fingerprint density at radius 3 is 2.66 bits per heavy atom. The maximum absolute atomic E-state index is 15.3. The molecule has 0 fully saturated rings. The van der Waals surface area contributed by atoms with Crippen LogP contribution in [0.15, 0.2) is 54.9 Å². The summed E-state index contributed by atoms with van der Waals surface area (Å²) in [6.45, 7) is 4.54. The van der Waals surface area contributed by atoms with E-state index in [0.717, 1.165) is 50.9 Å². The van der Waals surface area contributed by atoms with E-state index in [4.69, 9.17) is 14.6 Å². The Balaban J connectivity index is 1.31. The zero-order valence-corrected chi connectivity index (χ0v) is 21.6. The minimum atomic E-state index is -0.849. The Bertz CT molecular complexity index is 1550. The van der Waals surface area contributed by atoms with Crippen LogP contribution in [0.3, 0.4) is 0 Å². The lowest BCUT2D eigenvalue weighted by Gasteiger charge is -2.19. The van der Waals surface area contributed by atoms with Crippen LogP contribution in [0.4, 0.5) is 4.39 Å². The first-order valence-electron chi connectivity index (χ1n) is 12.9. The number of hydrogen-bond donors (Lipinski definition) is 1. The second kappa shape index (κ2) is 9.31. The number of hydrogen-bond acceptors (Lipinski definition) is 4. The Hall–Kier alpha value is -4.13. The average molecular weight is 513 g/mol. The summed E-state index contributed by atoms with van der Waals surface area (Å²) in [7, 11) is 1.91. The SMILES string of the molecule is Cc1cc(-c2cnn(C)c2)cc(C)c1-c1ccc(F)c2c1CC[C@H]2Oc1ccc2c(c1)OCC2CC(=O)O. The summed E-state index contributed by atoms with van der Waals surface area (Å²) < 4.78 is 29.1. The van der Waals surface area contributed by atoms with Gasteiger partial charge in [-0.2, -0.15) is 5.10 Å². The van der Waals surface area contributed by atoms with Gasteiger partial charge in [-0.25, -0.2) is 4.39 Å². The van der Waals surface area contributed by atoms with Crippen molar-refractivity contribution in [3.05, 3.63) is 88.5 Å². The first kappa shape index (κ1) is 24.2. The Morgan fingerprint density at radius 2 is 1.95 bits per heavy atom. The molecule has 194 valence electrons. The summed E-state index contributed by atoms with van der Waals surface area (Å²) in [6, 6.07) is 13.3. The Labute approximate surface area is 220 Å². The number of carboxylic acid groups (broad SMARTS) is 1. The molecule has 2 aliphatic rings. The standard InChI is InChI=1S/C31H29FN2O4/c1-17-10-19(21-14-33-34(3)15-21)11-18(2)30(17)24-6-8-26(32)31-25(24)7-9-27(31)38-22-4-5-23-20(12-29(35)36)16-37-28(23)13-22/h4-6,8,10-11,13-15,20,27H,7,9,12,16H2,1-3H3,(H,35,36)/t20?,27-/m1/s1. The smallest absolute Gasteiger partial charge is 0.304 e. The zero-order chi connectivity index (χ0) is 26.6. The van der Waals surface area contributed by atoms with Gasteiger partial charge in [0.1, 0.15) is 23.4 Å². The van der Waals surface area contributed by atoms with Gasteiger partial charge in [-0.3, -0.25) is 9.48 Å². The van der Waals surface area contributed by atoms with Gasteiger partial charge in [-0.05, 0) is 72.2 Å². The third kappa shape index (κ3) is 4.22. The molecule has 1 aliphatic carbocycles. The highest BCUT2D eigenvalue weighted by Gasteiger charge is 2.32. The Kier molecular flexibility index (Phi) is 5.94. The molecule has 0 radical (unpaired) electrons. The molecule has 1 N–H and O–H groups in total. The number of halogens is 1. The van der Waals surface area contributed by atoms with E-state index in [1.54, 1.807) is 16.8 Å². The van der Waals surface area contributed by atoms with E-state index in [2.05, 4.69) is 31.1 Å². The third-order valence-electron chi connectivity index (χ3n) is 7.69. The van der Waals surface area contributed by atoms with Gasteiger partial charge in [-0.15, -0.1) is 0 Å². The van der Waals surface area contributed by atoms with Gasteiger partial charge in [0.2, 0.25) is 0 Å². The van der Waals surface area contributed by atoms with Gasteiger partial charge in [0.05, 0.1) is 19.2 Å².